The van der Waals surface area contributed by atoms with E-state index in [1.54, 1.807) is 0 Å². The first kappa shape index (κ1) is 17.1. The number of rotatable bonds is 1. The summed E-state index contributed by atoms with van der Waals surface area (Å²) in [5, 5.41) is 9.08. The number of carboxylic acid groups (broad SMARTS) is 1. The molecule has 1 aliphatic heterocycles. The molecule has 0 radical (unpaired) electrons. The van der Waals surface area contributed by atoms with Gasteiger partial charge in [-0.15, -0.1) is 0 Å². The second-order valence-corrected chi connectivity index (χ2v) is 4.95. The maximum atomic E-state index is 13.0. The van der Waals surface area contributed by atoms with E-state index in [9.17, 15) is 35.9 Å². The molecule has 0 aromatic heterocycles. The minimum Gasteiger partial charge on any atom is -0.481 e. The van der Waals surface area contributed by atoms with E-state index in [0.717, 1.165) is 12.1 Å². The quantitative estimate of drug-likeness (QED) is 0.799. The molecule has 0 aliphatic carbocycles. The van der Waals surface area contributed by atoms with Gasteiger partial charge in [0.25, 0.3) is 0 Å². The molecule has 0 fully saturated rings. The maximum Gasteiger partial charge on any atom is 0.471 e. The Labute approximate surface area is 125 Å². The SMILES string of the molecule is O=C(O)C1CN(C(=O)C(F)(F)F)Cc2c1cccc2C(F)(F)F. The van der Waals surface area contributed by atoms with Gasteiger partial charge in [-0.3, -0.25) is 9.59 Å². The van der Waals surface area contributed by atoms with E-state index in [1.807, 2.05) is 0 Å². The standard InChI is InChI=1S/C13H9F6NO3/c14-12(15,16)9-3-1-2-6-7(9)4-20(5-8(6)10(21)22)11(23)13(17,18)19/h1-3,8H,4-5H2,(H,21,22). The second-order valence-electron chi connectivity index (χ2n) is 4.95. The lowest BCUT2D eigenvalue weighted by Gasteiger charge is -2.34. The Morgan fingerprint density at radius 3 is 2.22 bits per heavy atom. The summed E-state index contributed by atoms with van der Waals surface area (Å²) in [5.41, 5.74) is -2.12. The van der Waals surface area contributed by atoms with Gasteiger partial charge in [-0.25, -0.2) is 0 Å². The van der Waals surface area contributed by atoms with E-state index in [-0.39, 0.29) is 10.5 Å². The lowest BCUT2D eigenvalue weighted by atomic mass is 9.86. The Hall–Kier alpha value is -2.26. The number of amides is 1. The van der Waals surface area contributed by atoms with Gasteiger partial charge in [0.2, 0.25) is 0 Å². The molecular weight excluding hydrogens is 332 g/mol. The fraction of sp³-hybridized carbons (Fsp3) is 0.385. The van der Waals surface area contributed by atoms with Crippen LogP contribution in [0.25, 0.3) is 0 Å². The molecule has 1 aliphatic rings. The first-order valence-electron chi connectivity index (χ1n) is 6.20. The topological polar surface area (TPSA) is 57.6 Å². The van der Waals surface area contributed by atoms with E-state index in [4.69, 9.17) is 5.11 Å². The Kier molecular flexibility index (Phi) is 4.03. The van der Waals surface area contributed by atoms with Crippen LogP contribution >= 0.6 is 0 Å². The van der Waals surface area contributed by atoms with Gasteiger partial charge in [0.1, 0.15) is 0 Å². The number of benzene rings is 1. The number of carboxylic acids is 1. The molecule has 126 valence electrons. The zero-order valence-electron chi connectivity index (χ0n) is 11.2. The summed E-state index contributed by atoms with van der Waals surface area (Å²) in [5.74, 6) is -5.64. The second kappa shape index (κ2) is 5.43. The van der Waals surface area contributed by atoms with Crippen LogP contribution < -0.4 is 0 Å². The molecule has 1 aromatic rings. The molecule has 1 amide bonds. The van der Waals surface area contributed by atoms with Crippen LogP contribution in [0.1, 0.15) is 22.6 Å². The molecule has 4 nitrogen and oxygen atoms in total. The summed E-state index contributed by atoms with van der Waals surface area (Å²) < 4.78 is 76.5. The number of hydrogen-bond donors (Lipinski definition) is 1. The molecule has 1 N–H and O–H groups in total. The lowest BCUT2D eigenvalue weighted by Crippen LogP contribution is -2.46. The van der Waals surface area contributed by atoms with Crippen molar-refractivity contribution in [3.63, 3.8) is 0 Å². The maximum absolute atomic E-state index is 13.0. The molecule has 0 saturated heterocycles. The number of halogens is 6. The molecule has 0 bridgehead atoms. The van der Waals surface area contributed by atoms with E-state index in [1.165, 1.54) is 0 Å². The molecule has 1 heterocycles. The van der Waals surface area contributed by atoms with Crippen molar-refractivity contribution in [3.05, 3.63) is 34.9 Å². The van der Waals surface area contributed by atoms with Gasteiger partial charge in [-0.05, 0) is 17.2 Å². The van der Waals surface area contributed by atoms with E-state index >= 15 is 0 Å². The van der Waals surface area contributed by atoms with Gasteiger partial charge in [0, 0.05) is 13.1 Å². The molecule has 1 atom stereocenters. The zero-order chi connectivity index (χ0) is 17.6. The van der Waals surface area contributed by atoms with Crippen molar-refractivity contribution in [2.45, 2.75) is 24.8 Å². The third kappa shape index (κ3) is 3.25. The van der Waals surface area contributed by atoms with E-state index in [0.29, 0.717) is 6.07 Å². The Morgan fingerprint density at radius 2 is 1.74 bits per heavy atom. The largest absolute Gasteiger partial charge is 0.481 e. The summed E-state index contributed by atoms with van der Waals surface area (Å²) in [7, 11) is 0. The molecule has 10 heteroatoms. The van der Waals surface area contributed by atoms with Gasteiger partial charge in [-0.2, -0.15) is 26.3 Å². The van der Waals surface area contributed by atoms with Crippen molar-refractivity contribution in [2.75, 3.05) is 6.54 Å². The molecule has 0 spiro atoms. The third-order valence-electron chi connectivity index (χ3n) is 3.47. The molecule has 23 heavy (non-hydrogen) atoms. The highest BCUT2D eigenvalue weighted by Gasteiger charge is 2.47. The van der Waals surface area contributed by atoms with E-state index in [2.05, 4.69) is 0 Å². The fourth-order valence-corrected chi connectivity index (χ4v) is 2.49. The number of hydrogen-bond acceptors (Lipinski definition) is 2. The Morgan fingerprint density at radius 1 is 1.13 bits per heavy atom. The van der Waals surface area contributed by atoms with Crippen molar-refractivity contribution in [1.82, 2.24) is 4.90 Å². The van der Waals surface area contributed by atoms with Gasteiger partial charge in [0.05, 0.1) is 11.5 Å². The predicted molar refractivity (Wildman–Crippen MR) is 63.3 cm³/mol. The van der Waals surface area contributed by atoms with Crippen LogP contribution in [0.15, 0.2) is 18.2 Å². The Balaban J connectivity index is 2.56. The average Bonchev–Trinajstić information content (AvgIpc) is 2.42. The summed E-state index contributed by atoms with van der Waals surface area (Å²) >= 11 is 0. The number of carbonyl (C=O) groups is 2. The van der Waals surface area contributed by atoms with Gasteiger partial charge < -0.3 is 10.0 Å². The van der Waals surface area contributed by atoms with Crippen molar-refractivity contribution < 1.29 is 41.0 Å². The van der Waals surface area contributed by atoms with Crippen LogP contribution in [0, 0.1) is 0 Å². The van der Waals surface area contributed by atoms with E-state index < -0.39 is 54.4 Å². The highest BCUT2D eigenvalue weighted by Crippen LogP contribution is 2.39. The number of nitrogens with zero attached hydrogens (tertiary/aromatic N) is 1. The molecule has 0 saturated carbocycles. The number of aliphatic carboxylic acids is 1. The summed E-state index contributed by atoms with van der Waals surface area (Å²) in [6.07, 6.45) is -10.2. The first-order valence-corrected chi connectivity index (χ1v) is 6.20. The normalized spacial score (nSPS) is 18.5. The van der Waals surface area contributed by atoms with Crippen LogP contribution in [0.3, 0.4) is 0 Å². The summed E-state index contributed by atoms with van der Waals surface area (Å²) in [6, 6.07) is 2.73. The Bertz CT molecular complexity index is 652. The van der Waals surface area contributed by atoms with Crippen molar-refractivity contribution >= 4 is 11.9 Å². The van der Waals surface area contributed by atoms with Crippen LogP contribution in [0.2, 0.25) is 0 Å². The van der Waals surface area contributed by atoms with Gasteiger partial charge in [-0.1, -0.05) is 12.1 Å². The third-order valence-corrected chi connectivity index (χ3v) is 3.47. The summed E-state index contributed by atoms with van der Waals surface area (Å²) in [6.45, 7) is -1.80. The molecule has 1 unspecified atom stereocenters. The van der Waals surface area contributed by atoms with Crippen LogP contribution in [-0.4, -0.2) is 34.6 Å². The fourth-order valence-electron chi connectivity index (χ4n) is 2.49. The van der Waals surface area contributed by atoms with Gasteiger partial charge in [0.15, 0.2) is 0 Å². The highest BCUT2D eigenvalue weighted by molar-refractivity contribution is 5.84. The van der Waals surface area contributed by atoms with Crippen molar-refractivity contribution in [3.8, 4) is 0 Å². The smallest absolute Gasteiger partial charge is 0.471 e. The first-order chi connectivity index (χ1) is 10.4. The molecule has 2 rings (SSSR count). The highest BCUT2D eigenvalue weighted by atomic mass is 19.4. The minimum atomic E-state index is -5.30. The van der Waals surface area contributed by atoms with Gasteiger partial charge >= 0.3 is 24.2 Å². The monoisotopic (exact) mass is 341 g/mol. The average molecular weight is 341 g/mol. The van der Waals surface area contributed by atoms with Crippen LogP contribution in [0.5, 0.6) is 0 Å². The lowest BCUT2D eigenvalue weighted by molar-refractivity contribution is -0.187. The minimum absolute atomic E-state index is 0.0797. The van der Waals surface area contributed by atoms with Crippen LogP contribution in [-0.2, 0) is 22.3 Å². The predicted octanol–water partition coefficient (Wildman–Crippen LogP) is 2.78. The number of alkyl halides is 6. The van der Waals surface area contributed by atoms with Crippen molar-refractivity contribution in [2.24, 2.45) is 0 Å². The zero-order valence-corrected chi connectivity index (χ0v) is 11.2. The number of carbonyl (C=O) groups excluding carboxylic acids is 1. The van der Waals surface area contributed by atoms with Crippen LogP contribution in [0.4, 0.5) is 26.3 Å². The summed E-state index contributed by atoms with van der Waals surface area (Å²) in [4.78, 5) is 22.6. The molecule has 1 aromatic carbocycles. The number of fused-ring (bicyclic) bond motifs is 1. The molecular formula is C13H9F6NO3. The van der Waals surface area contributed by atoms with Crippen molar-refractivity contribution in [1.29, 1.82) is 0 Å².